The van der Waals surface area contributed by atoms with Crippen molar-refractivity contribution < 1.29 is 14.1 Å². The summed E-state index contributed by atoms with van der Waals surface area (Å²) < 4.78 is 5.15. The van der Waals surface area contributed by atoms with E-state index in [0.29, 0.717) is 23.6 Å². The van der Waals surface area contributed by atoms with Crippen molar-refractivity contribution in [1.82, 2.24) is 5.16 Å². The summed E-state index contributed by atoms with van der Waals surface area (Å²) in [6.07, 6.45) is 1.25. The number of aromatic nitrogens is 1. The second-order valence-corrected chi connectivity index (χ2v) is 6.05. The Morgan fingerprint density at radius 3 is 2.58 bits per heavy atom. The van der Waals surface area contributed by atoms with Crippen molar-refractivity contribution in [2.75, 3.05) is 10.6 Å². The molecule has 128 valence electrons. The number of rotatable bonds is 6. The third kappa shape index (κ3) is 4.44. The number of hydrogen-bond donors (Lipinski definition) is 2. The quantitative estimate of drug-likeness (QED) is 0.835. The van der Waals surface area contributed by atoms with Gasteiger partial charge in [0, 0.05) is 29.8 Å². The van der Waals surface area contributed by atoms with E-state index in [1.165, 1.54) is 0 Å². The lowest BCUT2D eigenvalue weighted by atomic mass is 10.1. The SMILES string of the molecule is CCCC(=O)Nc1ccc(C)c(NC(=O)c2cc(C(C)C)on2)c1. The summed E-state index contributed by atoms with van der Waals surface area (Å²) in [7, 11) is 0. The van der Waals surface area contributed by atoms with Gasteiger partial charge in [0.1, 0.15) is 5.76 Å². The molecule has 0 bridgehead atoms. The maximum absolute atomic E-state index is 12.3. The molecule has 0 radical (unpaired) electrons. The van der Waals surface area contributed by atoms with Crippen LogP contribution in [0.1, 0.15) is 61.3 Å². The zero-order valence-corrected chi connectivity index (χ0v) is 14.5. The highest BCUT2D eigenvalue weighted by atomic mass is 16.5. The summed E-state index contributed by atoms with van der Waals surface area (Å²) in [6, 6.07) is 7.04. The Morgan fingerprint density at radius 2 is 1.96 bits per heavy atom. The molecule has 0 aliphatic rings. The second kappa shape index (κ2) is 7.77. The predicted octanol–water partition coefficient (Wildman–Crippen LogP) is 4.10. The van der Waals surface area contributed by atoms with Gasteiger partial charge in [-0.15, -0.1) is 0 Å². The Balaban J connectivity index is 2.12. The molecular weight excluding hydrogens is 306 g/mol. The molecule has 0 aliphatic heterocycles. The van der Waals surface area contributed by atoms with Gasteiger partial charge in [-0.1, -0.05) is 32.0 Å². The summed E-state index contributed by atoms with van der Waals surface area (Å²) in [5.74, 6) is 0.442. The average molecular weight is 329 g/mol. The van der Waals surface area contributed by atoms with Crippen molar-refractivity contribution in [1.29, 1.82) is 0 Å². The van der Waals surface area contributed by atoms with Gasteiger partial charge in [-0.2, -0.15) is 0 Å². The van der Waals surface area contributed by atoms with E-state index < -0.39 is 0 Å². The molecule has 2 aromatic rings. The molecule has 24 heavy (non-hydrogen) atoms. The van der Waals surface area contributed by atoms with Crippen LogP contribution in [0.5, 0.6) is 0 Å². The number of carbonyl (C=O) groups is 2. The fourth-order valence-corrected chi connectivity index (χ4v) is 2.14. The Labute approximate surface area is 141 Å². The lowest BCUT2D eigenvalue weighted by Gasteiger charge is -2.10. The minimum absolute atomic E-state index is 0.0447. The van der Waals surface area contributed by atoms with Crippen LogP contribution in [-0.2, 0) is 4.79 Å². The van der Waals surface area contributed by atoms with Gasteiger partial charge in [0.05, 0.1) is 0 Å². The van der Waals surface area contributed by atoms with E-state index in [1.807, 2.05) is 39.8 Å². The molecule has 1 aromatic carbocycles. The van der Waals surface area contributed by atoms with Crippen molar-refractivity contribution in [2.24, 2.45) is 0 Å². The number of amides is 2. The van der Waals surface area contributed by atoms with Crippen LogP contribution in [0.15, 0.2) is 28.8 Å². The molecule has 0 aliphatic carbocycles. The lowest BCUT2D eigenvalue weighted by molar-refractivity contribution is -0.116. The van der Waals surface area contributed by atoms with Crippen molar-refractivity contribution >= 4 is 23.2 Å². The highest BCUT2D eigenvalue weighted by molar-refractivity contribution is 6.03. The fraction of sp³-hybridized carbons (Fsp3) is 0.389. The van der Waals surface area contributed by atoms with Crippen molar-refractivity contribution in [2.45, 2.75) is 46.5 Å². The number of nitrogens with one attached hydrogen (secondary N) is 2. The lowest BCUT2D eigenvalue weighted by Crippen LogP contribution is -2.14. The highest BCUT2D eigenvalue weighted by Gasteiger charge is 2.15. The van der Waals surface area contributed by atoms with Gasteiger partial charge in [-0.05, 0) is 31.0 Å². The van der Waals surface area contributed by atoms with Gasteiger partial charge in [-0.25, -0.2) is 0 Å². The molecule has 2 amide bonds. The van der Waals surface area contributed by atoms with Crippen LogP contribution in [0.2, 0.25) is 0 Å². The molecule has 6 nitrogen and oxygen atoms in total. The summed E-state index contributed by atoms with van der Waals surface area (Å²) in [6.45, 7) is 7.77. The number of nitrogens with zero attached hydrogens (tertiary/aromatic N) is 1. The highest BCUT2D eigenvalue weighted by Crippen LogP contribution is 2.22. The van der Waals surface area contributed by atoms with Crippen LogP contribution in [0, 0.1) is 6.92 Å². The molecule has 1 heterocycles. The smallest absolute Gasteiger partial charge is 0.277 e. The Bertz CT molecular complexity index is 735. The molecule has 0 saturated carbocycles. The minimum atomic E-state index is -0.342. The molecule has 0 saturated heterocycles. The molecule has 2 N–H and O–H groups in total. The van der Waals surface area contributed by atoms with Gasteiger partial charge in [-0.3, -0.25) is 9.59 Å². The first-order chi connectivity index (χ1) is 11.4. The number of hydrogen-bond acceptors (Lipinski definition) is 4. The van der Waals surface area contributed by atoms with E-state index in [-0.39, 0.29) is 23.4 Å². The van der Waals surface area contributed by atoms with Crippen LogP contribution in [-0.4, -0.2) is 17.0 Å². The normalized spacial score (nSPS) is 10.7. The minimum Gasteiger partial charge on any atom is -0.360 e. The Hall–Kier alpha value is -2.63. The van der Waals surface area contributed by atoms with Gasteiger partial charge in [0.25, 0.3) is 5.91 Å². The molecule has 0 unspecified atom stereocenters. The Kier molecular flexibility index (Phi) is 5.73. The van der Waals surface area contributed by atoms with E-state index in [1.54, 1.807) is 12.1 Å². The number of carbonyl (C=O) groups excluding carboxylic acids is 2. The third-order valence-corrected chi connectivity index (χ3v) is 3.58. The summed E-state index contributed by atoms with van der Waals surface area (Å²) in [5.41, 5.74) is 2.41. The molecular formula is C18H23N3O3. The summed E-state index contributed by atoms with van der Waals surface area (Å²) >= 11 is 0. The first kappa shape index (κ1) is 17.7. The first-order valence-electron chi connectivity index (χ1n) is 8.09. The van der Waals surface area contributed by atoms with Crippen molar-refractivity contribution in [3.05, 3.63) is 41.3 Å². The molecule has 0 atom stereocenters. The zero-order valence-electron chi connectivity index (χ0n) is 14.5. The predicted molar refractivity (Wildman–Crippen MR) is 93.3 cm³/mol. The average Bonchev–Trinajstić information content (AvgIpc) is 3.01. The maximum Gasteiger partial charge on any atom is 0.277 e. The topological polar surface area (TPSA) is 84.2 Å². The maximum atomic E-state index is 12.3. The molecule has 0 fully saturated rings. The van der Waals surface area contributed by atoms with Gasteiger partial charge < -0.3 is 15.2 Å². The molecule has 1 aromatic heterocycles. The van der Waals surface area contributed by atoms with Crippen LogP contribution >= 0.6 is 0 Å². The van der Waals surface area contributed by atoms with Gasteiger partial charge in [0.15, 0.2) is 5.69 Å². The standard InChI is InChI=1S/C18H23N3O3/c1-5-6-17(22)19-13-8-7-12(4)14(9-13)20-18(23)15-10-16(11(2)3)24-21-15/h7-11H,5-6H2,1-4H3,(H,19,22)(H,20,23). The zero-order chi connectivity index (χ0) is 17.7. The largest absolute Gasteiger partial charge is 0.360 e. The third-order valence-electron chi connectivity index (χ3n) is 3.58. The van der Waals surface area contributed by atoms with E-state index in [2.05, 4.69) is 15.8 Å². The van der Waals surface area contributed by atoms with Gasteiger partial charge >= 0.3 is 0 Å². The summed E-state index contributed by atoms with van der Waals surface area (Å²) in [4.78, 5) is 24.0. The first-order valence-corrected chi connectivity index (χ1v) is 8.09. The summed E-state index contributed by atoms with van der Waals surface area (Å²) in [5, 5.41) is 9.43. The van der Waals surface area contributed by atoms with Gasteiger partial charge in [0.2, 0.25) is 5.91 Å². The van der Waals surface area contributed by atoms with Crippen LogP contribution in [0.25, 0.3) is 0 Å². The van der Waals surface area contributed by atoms with E-state index in [0.717, 1.165) is 12.0 Å². The Morgan fingerprint density at radius 1 is 1.21 bits per heavy atom. The van der Waals surface area contributed by atoms with Crippen molar-refractivity contribution in [3.63, 3.8) is 0 Å². The van der Waals surface area contributed by atoms with Crippen LogP contribution in [0.4, 0.5) is 11.4 Å². The van der Waals surface area contributed by atoms with Crippen molar-refractivity contribution in [3.8, 4) is 0 Å². The van der Waals surface area contributed by atoms with E-state index in [9.17, 15) is 9.59 Å². The molecule has 6 heteroatoms. The fourth-order valence-electron chi connectivity index (χ4n) is 2.14. The number of benzene rings is 1. The van der Waals surface area contributed by atoms with Crippen LogP contribution in [0.3, 0.4) is 0 Å². The number of anilines is 2. The van der Waals surface area contributed by atoms with E-state index >= 15 is 0 Å². The van der Waals surface area contributed by atoms with Crippen LogP contribution < -0.4 is 10.6 Å². The monoisotopic (exact) mass is 329 g/mol. The molecule has 2 rings (SSSR count). The number of aryl methyl sites for hydroxylation is 1. The second-order valence-electron chi connectivity index (χ2n) is 6.05. The van der Waals surface area contributed by atoms with E-state index in [4.69, 9.17) is 4.52 Å². The molecule has 0 spiro atoms.